The maximum absolute atomic E-state index is 13.5. The Morgan fingerprint density at radius 2 is 2.00 bits per heavy atom. The summed E-state index contributed by atoms with van der Waals surface area (Å²) in [6.45, 7) is 2.03. The number of rotatable bonds is 5. The smallest absolute Gasteiger partial charge is 0.255 e. The molecular formula is C22H16BrClFN3O2. The second-order valence-electron chi connectivity index (χ2n) is 6.38. The molecule has 0 spiro atoms. The summed E-state index contributed by atoms with van der Waals surface area (Å²) in [4.78, 5) is 16.9. The molecule has 5 nitrogen and oxygen atoms in total. The molecule has 0 unspecified atom stereocenters. The molecule has 0 fully saturated rings. The van der Waals surface area contributed by atoms with Crippen molar-refractivity contribution in [3.05, 3.63) is 80.2 Å². The standard InChI is InChI=1S/C22H16BrClFN3O2/c1-12-19(23)20(24)17(10-26)21(28-12)14-5-3-13(4-6-14)11-27-22(29)16-9-15(25)7-8-18(16)30-2/h3-9H,11H2,1-2H3,(H,27,29). The molecule has 0 atom stereocenters. The summed E-state index contributed by atoms with van der Waals surface area (Å²) in [7, 11) is 1.42. The molecule has 1 N–H and O–H groups in total. The molecule has 0 aliphatic rings. The summed E-state index contributed by atoms with van der Waals surface area (Å²) in [6, 6.07) is 13.1. The fraction of sp³-hybridized carbons (Fsp3) is 0.136. The number of carbonyl (C=O) groups is 1. The minimum atomic E-state index is -0.519. The molecule has 3 aromatic rings. The summed E-state index contributed by atoms with van der Waals surface area (Å²) in [5.74, 6) is -0.671. The highest BCUT2D eigenvalue weighted by Crippen LogP contribution is 2.34. The lowest BCUT2D eigenvalue weighted by Crippen LogP contribution is -2.23. The molecule has 1 heterocycles. The number of pyridine rings is 1. The molecule has 1 amide bonds. The normalized spacial score (nSPS) is 10.4. The molecule has 3 rings (SSSR count). The van der Waals surface area contributed by atoms with Gasteiger partial charge in [0.25, 0.3) is 5.91 Å². The molecule has 30 heavy (non-hydrogen) atoms. The lowest BCUT2D eigenvalue weighted by Gasteiger charge is -2.11. The van der Waals surface area contributed by atoms with Crippen molar-refractivity contribution < 1.29 is 13.9 Å². The van der Waals surface area contributed by atoms with Gasteiger partial charge in [0.2, 0.25) is 0 Å². The van der Waals surface area contributed by atoms with Gasteiger partial charge < -0.3 is 10.1 Å². The van der Waals surface area contributed by atoms with Gasteiger partial charge >= 0.3 is 0 Å². The number of carbonyl (C=O) groups excluding carboxylic acids is 1. The number of aromatic nitrogens is 1. The first-order valence-electron chi connectivity index (χ1n) is 8.82. The summed E-state index contributed by atoms with van der Waals surface area (Å²) in [5, 5.41) is 12.5. The number of ether oxygens (including phenoxy) is 1. The van der Waals surface area contributed by atoms with Gasteiger partial charge in [-0.3, -0.25) is 9.78 Å². The number of halogens is 3. The van der Waals surface area contributed by atoms with E-state index >= 15 is 0 Å². The van der Waals surface area contributed by atoms with Crippen molar-refractivity contribution in [1.82, 2.24) is 10.3 Å². The number of methoxy groups -OCH3 is 1. The van der Waals surface area contributed by atoms with Crippen molar-refractivity contribution >= 4 is 33.4 Å². The number of nitriles is 1. The van der Waals surface area contributed by atoms with Gasteiger partial charge in [-0.2, -0.15) is 5.26 Å². The molecule has 0 saturated heterocycles. The van der Waals surface area contributed by atoms with Crippen molar-refractivity contribution in [1.29, 1.82) is 5.26 Å². The number of nitrogens with one attached hydrogen (secondary N) is 1. The Balaban J connectivity index is 1.79. The van der Waals surface area contributed by atoms with Crippen LogP contribution in [0.3, 0.4) is 0 Å². The third kappa shape index (κ3) is 4.45. The minimum Gasteiger partial charge on any atom is -0.496 e. The van der Waals surface area contributed by atoms with Gasteiger partial charge in [-0.1, -0.05) is 35.9 Å². The van der Waals surface area contributed by atoms with Crippen LogP contribution >= 0.6 is 27.5 Å². The van der Waals surface area contributed by atoms with E-state index < -0.39 is 11.7 Å². The van der Waals surface area contributed by atoms with Gasteiger partial charge in [0.15, 0.2) is 0 Å². The number of amides is 1. The Bertz CT molecular complexity index is 1160. The topological polar surface area (TPSA) is 75.0 Å². The summed E-state index contributed by atoms with van der Waals surface area (Å²) in [6.07, 6.45) is 0. The first-order valence-corrected chi connectivity index (χ1v) is 9.99. The largest absolute Gasteiger partial charge is 0.496 e. The first-order chi connectivity index (χ1) is 14.3. The molecule has 0 saturated carbocycles. The van der Waals surface area contributed by atoms with Gasteiger partial charge in [0, 0.05) is 12.1 Å². The number of hydrogen-bond donors (Lipinski definition) is 1. The Labute approximate surface area is 186 Å². The number of nitrogens with zero attached hydrogens (tertiary/aromatic N) is 2. The zero-order valence-electron chi connectivity index (χ0n) is 16.1. The molecule has 0 bridgehead atoms. The van der Waals surface area contributed by atoms with E-state index in [1.807, 2.05) is 12.1 Å². The second-order valence-corrected chi connectivity index (χ2v) is 7.56. The Morgan fingerprint density at radius 3 is 2.63 bits per heavy atom. The maximum Gasteiger partial charge on any atom is 0.255 e. The van der Waals surface area contributed by atoms with E-state index in [-0.39, 0.29) is 17.7 Å². The average molecular weight is 489 g/mol. The summed E-state index contributed by atoms with van der Waals surface area (Å²) < 4.78 is 19.2. The van der Waals surface area contributed by atoms with Gasteiger partial charge in [0.05, 0.1) is 39.1 Å². The van der Waals surface area contributed by atoms with E-state index in [0.717, 1.165) is 17.2 Å². The zero-order chi connectivity index (χ0) is 21.8. The van der Waals surface area contributed by atoms with E-state index in [2.05, 4.69) is 32.3 Å². The second kappa shape index (κ2) is 9.24. The van der Waals surface area contributed by atoms with Gasteiger partial charge in [-0.05, 0) is 46.6 Å². The van der Waals surface area contributed by atoms with Gasteiger partial charge in [-0.25, -0.2) is 4.39 Å². The third-order valence-corrected chi connectivity index (χ3v) is 6.02. The van der Waals surface area contributed by atoms with Crippen LogP contribution in [0.25, 0.3) is 11.3 Å². The average Bonchev–Trinajstić information content (AvgIpc) is 2.76. The van der Waals surface area contributed by atoms with Crippen LogP contribution in [0.2, 0.25) is 5.02 Å². The van der Waals surface area contributed by atoms with Crippen LogP contribution < -0.4 is 10.1 Å². The fourth-order valence-corrected chi connectivity index (χ4v) is 3.43. The molecule has 8 heteroatoms. The number of aryl methyl sites for hydroxylation is 1. The van der Waals surface area contributed by atoms with Crippen LogP contribution in [0.5, 0.6) is 5.75 Å². The van der Waals surface area contributed by atoms with Crippen LogP contribution in [-0.2, 0) is 6.54 Å². The predicted octanol–water partition coefficient (Wildman–Crippen LogP) is 5.42. The van der Waals surface area contributed by atoms with Gasteiger partial charge in [-0.15, -0.1) is 0 Å². The van der Waals surface area contributed by atoms with E-state index in [0.29, 0.717) is 26.6 Å². The number of hydrogen-bond acceptors (Lipinski definition) is 4. The van der Waals surface area contributed by atoms with Crippen molar-refractivity contribution in [2.45, 2.75) is 13.5 Å². The highest BCUT2D eigenvalue weighted by atomic mass is 79.9. The summed E-state index contributed by atoms with van der Waals surface area (Å²) >= 11 is 9.61. The molecule has 0 radical (unpaired) electrons. The maximum atomic E-state index is 13.5. The molecule has 152 valence electrons. The Morgan fingerprint density at radius 1 is 1.30 bits per heavy atom. The van der Waals surface area contributed by atoms with Crippen molar-refractivity contribution in [3.63, 3.8) is 0 Å². The van der Waals surface area contributed by atoms with Gasteiger partial charge in [0.1, 0.15) is 17.6 Å². The predicted molar refractivity (Wildman–Crippen MR) is 116 cm³/mol. The van der Waals surface area contributed by atoms with Crippen LogP contribution in [0, 0.1) is 24.1 Å². The van der Waals surface area contributed by atoms with Crippen molar-refractivity contribution in [2.24, 2.45) is 0 Å². The molecular weight excluding hydrogens is 473 g/mol. The van der Waals surface area contributed by atoms with Crippen LogP contribution in [0.1, 0.15) is 27.2 Å². The van der Waals surface area contributed by atoms with E-state index in [4.69, 9.17) is 16.3 Å². The molecule has 1 aromatic heterocycles. The highest BCUT2D eigenvalue weighted by Gasteiger charge is 2.17. The molecule has 0 aliphatic heterocycles. The van der Waals surface area contributed by atoms with Crippen molar-refractivity contribution in [3.8, 4) is 23.1 Å². The minimum absolute atomic E-state index is 0.122. The first kappa shape index (κ1) is 21.8. The SMILES string of the molecule is COc1ccc(F)cc1C(=O)NCc1ccc(-c2nc(C)c(Br)c(Cl)c2C#N)cc1. The fourth-order valence-electron chi connectivity index (χ4n) is 2.87. The molecule has 0 aliphatic carbocycles. The number of benzene rings is 2. The van der Waals surface area contributed by atoms with Crippen molar-refractivity contribution in [2.75, 3.05) is 7.11 Å². The van der Waals surface area contributed by atoms with Crippen LogP contribution in [0.15, 0.2) is 46.9 Å². The highest BCUT2D eigenvalue weighted by molar-refractivity contribution is 9.10. The zero-order valence-corrected chi connectivity index (χ0v) is 18.4. The van der Waals surface area contributed by atoms with E-state index in [9.17, 15) is 14.4 Å². The van der Waals surface area contributed by atoms with Crippen LogP contribution in [0.4, 0.5) is 4.39 Å². The Kier molecular flexibility index (Phi) is 6.70. The quantitative estimate of drug-likeness (QED) is 0.520. The van der Waals surface area contributed by atoms with E-state index in [1.165, 1.54) is 19.2 Å². The monoisotopic (exact) mass is 487 g/mol. The summed E-state index contributed by atoms with van der Waals surface area (Å²) in [5.41, 5.74) is 3.12. The third-order valence-electron chi connectivity index (χ3n) is 4.44. The molecule has 2 aromatic carbocycles. The van der Waals surface area contributed by atoms with Crippen LogP contribution in [-0.4, -0.2) is 18.0 Å². The lowest BCUT2D eigenvalue weighted by atomic mass is 10.0. The Hall–Kier alpha value is -2.95. The lowest BCUT2D eigenvalue weighted by molar-refractivity contribution is 0.0947. The van der Waals surface area contributed by atoms with E-state index in [1.54, 1.807) is 19.1 Å².